The molecule has 2 N–H and O–H groups in total. The molecule has 3 aromatic rings. The SMILES string of the molecule is C[C@@H]1Nc2ncnn2[C@H](c2cccs2)[C@@H]1C(=O)Nc1ccc(Cl)cc1. The van der Waals surface area contributed by atoms with Gasteiger partial charge in [0, 0.05) is 21.6 Å². The van der Waals surface area contributed by atoms with E-state index in [4.69, 9.17) is 11.6 Å². The summed E-state index contributed by atoms with van der Waals surface area (Å²) in [4.78, 5) is 18.4. The number of fused-ring (bicyclic) bond motifs is 1. The molecule has 0 fully saturated rings. The molecule has 0 bridgehead atoms. The molecule has 1 aromatic carbocycles. The fourth-order valence-electron chi connectivity index (χ4n) is 3.16. The molecular formula is C17H16ClN5OS. The van der Waals surface area contributed by atoms with Gasteiger partial charge in [0.2, 0.25) is 11.9 Å². The van der Waals surface area contributed by atoms with Crippen LogP contribution in [-0.2, 0) is 4.79 Å². The zero-order valence-electron chi connectivity index (χ0n) is 13.4. The summed E-state index contributed by atoms with van der Waals surface area (Å²) < 4.78 is 1.79. The number of benzene rings is 1. The van der Waals surface area contributed by atoms with Crippen LogP contribution in [0.4, 0.5) is 11.6 Å². The van der Waals surface area contributed by atoms with Crippen molar-refractivity contribution >= 4 is 40.5 Å². The van der Waals surface area contributed by atoms with Gasteiger partial charge in [-0.3, -0.25) is 4.79 Å². The number of hydrogen-bond donors (Lipinski definition) is 2. The lowest BCUT2D eigenvalue weighted by Crippen LogP contribution is -2.46. The number of hydrogen-bond acceptors (Lipinski definition) is 5. The molecule has 2 aromatic heterocycles. The molecule has 0 radical (unpaired) electrons. The monoisotopic (exact) mass is 373 g/mol. The van der Waals surface area contributed by atoms with E-state index in [1.54, 1.807) is 40.3 Å². The summed E-state index contributed by atoms with van der Waals surface area (Å²) in [6.45, 7) is 1.99. The van der Waals surface area contributed by atoms with Crippen LogP contribution >= 0.6 is 22.9 Å². The zero-order chi connectivity index (χ0) is 17.4. The van der Waals surface area contributed by atoms with Crippen LogP contribution in [0.2, 0.25) is 5.02 Å². The number of amides is 1. The molecule has 0 spiro atoms. The minimum Gasteiger partial charge on any atom is -0.351 e. The molecule has 4 rings (SSSR count). The van der Waals surface area contributed by atoms with Crippen molar-refractivity contribution in [2.24, 2.45) is 5.92 Å². The highest BCUT2D eigenvalue weighted by atomic mass is 35.5. The van der Waals surface area contributed by atoms with E-state index in [0.29, 0.717) is 11.0 Å². The number of nitrogens with zero attached hydrogens (tertiary/aromatic N) is 3. The van der Waals surface area contributed by atoms with Crippen molar-refractivity contribution in [1.29, 1.82) is 0 Å². The van der Waals surface area contributed by atoms with Gasteiger partial charge in [0.15, 0.2) is 0 Å². The molecule has 1 aliphatic rings. The lowest BCUT2D eigenvalue weighted by molar-refractivity contribution is -0.121. The Kier molecular flexibility index (Phi) is 4.19. The van der Waals surface area contributed by atoms with Crippen LogP contribution in [0, 0.1) is 5.92 Å². The van der Waals surface area contributed by atoms with Gasteiger partial charge in [-0.05, 0) is 42.6 Å². The lowest BCUT2D eigenvalue weighted by Gasteiger charge is -2.36. The number of thiophene rings is 1. The van der Waals surface area contributed by atoms with Crippen molar-refractivity contribution in [3.63, 3.8) is 0 Å². The number of halogens is 1. The van der Waals surface area contributed by atoms with Crippen LogP contribution in [0.15, 0.2) is 48.1 Å². The third-order valence-corrected chi connectivity index (χ3v) is 5.52. The second-order valence-corrected chi connectivity index (χ2v) is 7.36. The number of carbonyl (C=O) groups is 1. The van der Waals surface area contributed by atoms with Crippen LogP contribution in [0.3, 0.4) is 0 Å². The zero-order valence-corrected chi connectivity index (χ0v) is 15.0. The fourth-order valence-corrected chi connectivity index (χ4v) is 4.15. The molecular weight excluding hydrogens is 358 g/mol. The number of rotatable bonds is 3. The quantitative estimate of drug-likeness (QED) is 0.735. The standard InChI is InChI=1S/C17H16ClN5OS/c1-10-14(16(24)22-12-6-4-11(18)5-7-12)15(13-3-2-8-25-13)23-17(21-10)19-9-20-23/h2-10,14-15H,1H3,(H,22,24)(H,19,20,21)/t10-,14+,15+/m0/s1. The molecule has 128 valence electrons. The summed E-state index contributed by atoms with van der Waals surface area (Å²) in [5.41, 5.74) is 0.718. The minimum atomic E-state index is -0.330. The molecule has 8 heteroatoms. The van der Waals surface area contributed by atoms with E-state index in [9.17, 15) is 4.79 Å². The third-order valence-electron chi connectivity index (χ3n) is 4.32. The molecule has 6 nitrogen and oxygen atoms in total. The number of anilines is 2. The Labute approximate surface area is 153 Å². The highest BCUT2D eigenvalue weighted by Crippen LogP contribution is 2.38. The molecule has 0 unspecified atom stereocenters. The van der Waals surface area contributed by atoms with Crippen LogP contribution in [-0.4, -0.2) is 26.7 Å². The van der Waals surface area contributed by atoms with Crippen molar-refractivity contribution < 1.29 is 4.79 Å². The summed E-state index contributed by atoms with van der Waals surface area (Å²) in [7, 11) is 0. The van der Waals surface area contributed by atoms with Crippen molar-refractivity contribution in [1.82, 2.24) is 14.8 Å². The smallest absolute Gasteiger partial charge is 0.232 e. The average molecular weight is 374 g/mol. The van der Waals surface area contributed by atoms with Gasteiger partial charge in [0.05, 0.1) is 5.92 Å². The van der Waals surface area contributed by atoms with Gasteiger partial charge in [-0.1, -0.05) is 17.7 Å². The van der Waals surface area contributed by atoms with Gasteiger partial charge < -0.3 is 10.6 Å². The van der Waals surface area contributed by atoms with Crippen LogP contribution in [0.25, 0.3) is 0 Å². The molecule has 0 aliphatic carbocycles. The predicted molar refractivity (Wildman–Crippen MR) is 99.1 cm³/mol. The molecule has 0 saturated carbocycles. The minimum absolute atomic E-state index is 0.0677. The summed E-state index contributed by atoms with van der Waals surface area (Å²) in [5.74, 6) is 0.284. The van der Waals surface area contributed by atoms with Gasteiger partial charge in [0.1, 0.15) is 12.4 Å². The second-order valence-electron chi connectivity index (χ2n) is 5.94. The Balaban J connectivity index is 1.68. The van der Waals surface area contributed by atoms with Crippen molar-refractivity contribution in [2.45, 2.75) is 19.0 Å². The Morgan fingerprint density at radius 3 is 2.84 bits per heavy atom. The normalized spacial score (nSPS) is 22.1. The topological polar surface area (TPSA) is 71.8 Å². The van der Waals surface area contributed by atoms with E-state index in [0.717, 1.165) is 10.6 Å². The van der Waals surface area contributed by atoms with E-state index in [-0.39, 0.29) is 23.9 Å². The highest BCUT2D eigenvalue weighted by Gasteiger charge is 2.41. The maximum atomic E-state index is 13.1. The maximum absolute atomic E-state index is 13.1. The first-order chi connectivity index (χ1) is 12.1. The predicted octanol–water partition coefficient (Wildman–Crippen LogP) is 3.65. The van der Waals surface area contributed by atoms with Gasteiger partial charge in [-0.15, -0.1) is 11.3 Å². The summed E-state index contributed by atoms with van der Waals surface area (Å²) in [6.07, 6.45) is 1.51. The molecule has 3 heterocycles. The molecule has 1 aliphatic heterocycles. The second kappa shape index (κ2) is 6.50. The highest BCUT2D eigenvalue weighted by molar-refractivity contribution is 7.10. The van der Waals surface area contributed by atoms with Gasteiger partial charge in [-0.25, -0.2) is 4.68 Å². The van der Waals surface area contributed by atoms with Crippen LogP contribution < -0.4 is 10.6 Å². The fraction of sp³-hybridized carbons (Fsp3) is 0.235. The largest absolute Gasteiger partial charge is 0.351 e. The Bertz CT molecular complexity index is 877. The van der Waals surface area contributed by atoms with E-state index < -0.39 is 0 Å². The van der Waals surface area contributed by atoms with E-state index in [2.05, 4.69) is 20.7 Å². The number of carbonyl (C=O) groups excluding carboxylic acids is 1. The number of nitrogens with one attached hydrogen (secondary N) is 2. The Morgan fingerprint density at radius 1 is 1.32 bits per heavy atom. The van der Waals surface area contributed by atoms with E-state index in [1.807, 2.05) is 24.4 Å². The summed E-state index contributed by atoms with van der Waals surface area (Å²) in [5, 5.41) is 13.2. The van der Waals surface area contributed by atoms with Crippen molar-refractivity contribution in [3.05, 3.63) is 58.0 Å². The first-order valence-corrected chi connectivity index (χ1v) is 9.15. The molecule has 0 saturated heterocycles. The van der Waals surface area contributed by atoms with Gasteiger partial charge in [-0.2, -0.15) is 10.1 Å². The van der Waals surface area contributed by atoms with E-state index >= 15 is 0 Å². The van der Waals surface area contributed by atoms with Gasteiger partial charge >= 0.3 is 0 Å². The third kappa shape index (κ3) is 3.01. The first-order valence-electron chi connectivity index (χ1n) is 7.89. The number of aromatic nitrogens is 3. The summed E-state index contributed by atoms with van der Waals surface area (Å²) in [6, 6.07) is 10.8. The van der Waals surface area contributed by atoms with Crippen LogP contribution in [0.1, 0.15) is 17.8 Å². The molecule has 3 atom stereocenters. The molecule has 1 amide bonds. The first kappa shape index (κ1) is 16.1. The Morgan fingerprint density at radius 2 is 2.12 bits per heavy atom. The van der Waals surface area contributed by atoms with Crippen molar-refractivity contribution in [2.75, 3.05) is 10.6 Å². The lowest BCUT2D eigenvalue weighted by atomic mass is 9.89. The maximum Gasteiger partial charge on any atom is 0.232 e. The van der Waals surface area contributed by atoms with E-state index in [1.165, 1.54) is 6.33 Å². The summed E-state index contributed by atoms with van der Waals surface area (Å²) >= 11 is 7.53. The molecule has 25 heavy (non-hydrogen) atoms. The van der Waals surface area contributed by atoms with Gasteiger partial charge in [0.25, 0.3) is 0 Å². The Hall–Kier alpha value is -2.38. The van der Waals surface area contributed by atoms with Crippen molar-refractivity contribution in [3.8, 4) is 0 Å². The average Bonchev–Trinajstić information content (AvgIpc) is 3.26. The van der Waals surface area contributed by atoms with Crippen LogP contribution in [0.5, 0.6) is 0 Å².